The smallest absolute Gasteiger partial charge is 0.227 e. The Hall–Kier alpha value is -1.67. The Kier molecular flexibility index (Phi) is 8.46. The van der Waals surface area contributed by atoms with Crippen LogP contribution in [0, 0.1) is 0 Å². The quantitative estimate of drug-likeness (QED) is 0.699. The molecule has 164 valence electrons. The van der Waals surface area contributed by atoms with Crippen LogP contribution in [0.25, 0.3) is 0 Å². The molecule has 9 heteroatoms. The van der Waals surface area contributed by atoms with Gasteiger partial charge in [0.2, 0.25) is 17.7 Å². The highest BCUT2D eigenvalue weighted by Gasteiger charge is 2.38. The second-order valence-corrected chi connectivity index (χ2v) is 8.26. The molecule has 29 heavy (non-hydrogen) atoms. The first-order valence-electron chi connectivity index (χ1n) is 10.6. The van der Waals surface area contributed by atoms with Crippen LogP contribution in [0.2, 0.25) is 0 Å². The molecule has 1 saturated heterocycles. The Morgan fingerprint density at radius 3 is 2.59 bits per heavy atom. The van der Waals surface area contributed by atoms with Gasteiger partial charge in [0, 0.05) is 44.9 Å². The Balaban J connectivity index is 0.00000300. The highest BCUT2D eigenvalue weighted by molar-refractivity contribution is 5.85. The van der Waals surface area contributed by atoms with Gasteiger partial charge >= 0.3 is 0 Å². The van der Waals surface area contributed by atoms with Crippen LogP contribution in [0.5, 0.6) is 0 Å². The number of aromatic nitrogens is 2. The van der Waals surface area contributed by atoms with Gasteiger partial charge in [0.05, 0.1) is 0 Å². The van der Waals surface area contributed by atoms with Gasteiger partial charge in [-0.2, -0.15) is 4.98 Å². The molecule has 1 aromatic heterocycles. The maximum Gasteiger partial charge on any atom is 0.227 e. The largest absolute Gasteiger partial charge is 0.343 e. The van der Waals surface area contributed by atoms with Crippen LogP contribution in [0.1, 0.15) is 77.4 Å². The predicted octanol–water partition coefficient (Wildman–Crippen LogP) is 2.32. The van der Waals surface area contributed by atoms with E-state index in [4.69, 9.17) is 4.52 Å². The van der Waals surface area contributed by atoms with E-state index in [0.29, 0.717) is 30.6 Å². The average molecular weight is 428 g/mol. The van der Waals surface area contributed by atoms with E-state index in [2.05, 4.69) is 34.6 Å². The number of carbonyl (C=O) groups is 2. The zero-order chi connectivity index (χ0) is 20.1. The summed E-state index contributed by atoms with van der Waals surface area (Å²) in [4.78, 5) is 31.0. The lowest BCUT2D eigenvalue weighted by atomic mass is 9.89. The van der Waals surface area contributed by atoms with E-state index in [1.165, 1.54) is 6.92 Å². The van der Waals surface area contributed by atoms with Crippen LogP contribution < -0.4 is 10.6 Å². The zero-order valence-electron chi connectivity index (χ0n) is 17.7. The Morgan fingerprint density at radius 2 is 1.93 bits per heavy atom. The summed E-state index contributed by atoms with van der Waals surface area (Å²) in [5, 5.41) is 10.7. The fraction of sp³-hybridized carbons (Fsp3) is 0.800. The molecular weight excluding hydrogens is 394 g/mol. The lowest BCUT2D eigenvalue weighted by Gasteiger charge is -2.38. The van der Waals surface area contributed by atoms with E-state index >= 15 is 0 Å². The summed E-state index contributed by atoms with van der Waals surface area (Å²) in [5.74, 6) is 1.06. The molecule has 1 aromatic rings. The molecule has 2 unspecified atom stereocenters. The van der Waals surface area contributed by atoms with Crippen molar-refractivity contribution in [3.63, 3.8) is 0 Å². The first-order chi connectivity index (χ1) is 13.4. The van der Waals surface area contributed by atoms with Gasteiger partial charge in [-0.05, 0) is 26.7 Å². The van der Waals surface area contributed by atoms with Gasteiger partial charge in [-0.25, -0.2) is 0 Å². The molecule has 1 saturated carbocycles. The van der Waals surface area contributed by atoms with E-state index in [9.17, 15) is 9.59 Å². The predicted molar refractivity (Wildman–Crippen MR) is 112 cm³/mol. The van der Waals surface area contributed by atoms with E-state index in [-0.39, 0.29) is 30.3 Å². The van der Waals surface area contributed by atoms with Crippen LogP contribution in [0.3, 0.4) is 0 Å². The molecule has 2 heterocycles. The maximum absolute atomic E-state index is 12.6. The number of hydrogen-bond acceptors (Lipinski definition) is 6. The first-order valence-corrected chi connectivity index (χ1v) is 10.6. The number of amides is 2. The lowest BCUT2D eigenvalue weighted by Crippen LogP contribution is -2.57. The van der Waals surface area contributed by atoms with Crippen LogP contribution in [-0.2, 0) is 21.5 Å². The van der Waals surface area contributed by atoms with Crippen molar-refractivity contribution in [2.45, 2.75) is 89.8 Å². The van der Waals surface area contributed by atoms with Crippen molar-refractivity contribution in [3.8, 4) is 0 Å². The Bertz CT molecular complexity index is 687. The number of piperazine rings is 1. The minimum atomic E-state index is -0.545. The third kappa shape index (κ3) is 5.69. The zero-order valence-corrected chi connectivity index (χ0v) is 18.5. The number of aryl methyl sites for hydroxylation is 1. The highest BCUT2D eigenvalue weighted by Crippen LogP contribution is 2.34. The molecule has 2 amide bonds. The molecule has 2 fully saturated rings. The average Bonchev–Trinajstić information content (AvgIpc) is 3.02. The van der Waals surface area contributed by atoms with E-state index in [1.54, 1.807) is 0 Å². The van der Waals surface area contributed by atoms with Crippen molar-refractivity contribution >= 4 is 24.2 Å². The van der Waals surface area contributed by atoms with Crippen LogP contribution >= 0.6 is 12.4 Å². The van der Waals surface area contributed by atoms with Gasteiger partial charge in [-0.15, -0.1) is 12.4 Å². The van der Waals surface area contributed by atoms with Crippen LogP contribution in [0.15, 0.2) is 4.52 Å². The second-order valence-electron chi connectivity index (χ2n) is 8.26. The highest BCUT2D eigenvalue weighted by atomic mass is 35.5. The maximum atomic E-state index is 12.6. The second kappa shape index (κ2) is 10.4. The minimum Gasteiger partial charge on any atom is -0.343 e. The number of halogens is 1. The topological polar surface area (TPSA) is 100 Å². The normalized spacial score (nSPS) is 24.3. The van der Waals surface area contributed by atoms with Crippen molar-refractivity contribution < 1.29 is 14.1 Å². The third-order valence-corrected chi connectivity index (χ3v) is 6.18. The van der Waals surface area contributed by atoms with E-state index < -0.39 is 5.54 Å². The standard InChI is InChI=1S/C20H33N5O3.ClH/c1-14-15(2)25(13-12-21-14)18(27)9-8-17-22-19(24-28-17)20(23-16(3)26)10-6-4-5-7-11-20;/h14-15,21H,4-13H2,1-3H3,(H,23,26);1H. The summed E-state index contributed by atoms with van der Waals surface area (Å²) in [5.41, 5.74) is -0.545. The summed E-state index contributed by atoms with van der Waals surface area (Å²) in [6.45, 7) is 7.25. The number of rotatable bonds is 5. The van der Waals surface area contributed by atoms with Gasteiger partial charge in [0.1, 0.15) is 5.54 Å². The van der Waals surface area contributed by atoms with E-state index in [1.807, 2.05) is 4.90 Å². The summed E-state index contributed by atoms with van der Waals surface area (Å²) >= 11 is 0. The van der Waals surface area contributed by atoms with Gasteiger partial charge in [0.15, 0.2) is 5.82 Å². The summed E-state index contributed by atoms with van der Waals surface area (Å²) in [6, 6.07) is 0.467. The molecule has 0 spiro atoms. The van der Waals surface area contributed by atoms with Gasteiger partial charge in [0.25, 0.3) is 0 Å². The molecule has 1 aliphatic heterocycles. The van der Waals surface area contributed by atoms with Gasteiger partial charge < -0.3 is 20.1 Å². The monoisotopic (exact) mass is 427 g/mol. The third-order valence-electron chi connectivity index (χ3n) is 6.18. The summed E-state index contributed by atoms with van der Waals surface area (Å²) in [6.07, 6.45) is 6.78. The number of nitrogens with one attached hydrogen (secondary N) is 2. The van der Waals surface area contributed by atoms with Gasteiger partial charge in [-0.3, -0.25) is 9.59 Å². The molecule has 1 aliphatic carbocycles. The van der Waals surface area contributed by atoms with Crippen molar-refractivity contribution in [1.29, 1.82) is 0 Å². The fourth-order valence-electron chi connectivity index (χ4n) is 4.39. The first kappa shape index (κ1) is 23.6. The minimum absolute atomic E-state index is 0. The molecule has 2 N–H and O–H groups in total. The Morgan fingerprint density at radius 1 is 1.24 bits per heavy atom. The number of carbonyl (C=O) groups excluding carboxylic acids is 2. The molecule has 0 radical (unpaired) electrons. The van der Waals surface area contributed by atoms with Crippen molar-refractivity contribution in [3.05, 3.63) is 11.7 Å². The fourth-order valence-corrected chi connectivity index (χ4v) is 4.39. The van der Waals surface area contributed by atoms with Crippen molar-refractivity contribution in [2.24, 2.45) is 0 Å². The number of nitrogens with zero attached hydrogens (tertiary/aromatic N) is 3. The molecule has 3 rings (SSSR count). The van der Waals surface area contributed by atoms with Gasteiger partial charge in [-0.1, -0.05) is 30.8 Å². The molecule has 0 bridgehead atoms. The Labute approximate surface area is 179 Å². The van der Waals surface area contributed by atoms with E-state index in [0.717, 1.165) is 51.6 Å². The lowest BCUT2D eigenvalue weighted by molar-refractivity contribution is -0.134. The van der Waals surface area contributed by atoms with Crippen molar-refractivity contribution in [1.82, 2.24) is 25.7 Å². The number of hydrogen-bond donors (Lipinski definition) is 2. The molecule has 2 atom stereocenters. The molecular formula is C20H34ClN5O3. The SMILES string of the molecule is CC(=O)NC1(c2noc(CCC(=O)N3CCNC(C)C3C)n2)CCCCCC1.Cl. The molecule has 0 aromatic carbocycles. The molecule has 2 aliphatic rings. The van der Waals surface area contributed by atoms with Crippen LogP contribution in [-0.4, -0.2) is 52.0 Å². The molecule has 8 nitrogen and oxygen atoms in total. The summed E-state index contributed by atoms with van der Waals surface area (Å²) < 4.78 is 5.46. The van der Waals surface area contributed by atoms with Crippen molar-refractivity contribution in [2.75, 3.05) is 13.1 Å². The summed E-state index contributed by atoms with van der Waals surface area (Å²) in [7, 11) is 0. The van der Waals surface area contributed by atoms with Crippen LogP contribution in [0.4, 0.5) is 0 Å².